The third kappa shape index (κ3) is 4.97. The fourth-order valence-corrected chi connectivity index (χ4v) is 4.28. The Balaban J connectivity index is 0.00000132. The van der Waals surface area contributed by atoms with Gasteiger partial charge in [0.05, 0.1) is 0 Å². The fourth-order valence-electron chi connectivity index (χ4n) is 4.28. The van der Waals surface area contributed by atoms with Crippen molar-refractivity contribution < 1.29 is 4.79 Å². The largest absolute Gasteiger partial charge is 0.340 e. The van der Waals surface area contributed by atoms with Gasteiger partial charge in [-0.25, -0.2) is 0 Å². The summed E-state index contributed by atoms with van der Waals surface area (Å²) in [6.45, 7) is 4.69. The van der Waals surface area contributed by atoms with Crippen LogP contribution in [0.5, 0.6) is 0 Å². The van der Waals surface area contributed by atoms with Crippen LogP contribution in [0.1, 0.15) is 57.8 Å². The summed E-state index contributed by atoms with van der Waals surface area (Å²) in [7, 11) is 0. The molecule has 1 heterocycles. The second-order valence-corrected chi connectivity index (χ2v) is 7.44. The predicted octanol–water partition coefficient (Wildman–Crippen LogP) is 2.83. The van der Waals surface area contributed by atoms with Gasteiger partial charge in [0.25, 0.3) is 0 Å². The van der Waals surface area contributed by atoms with E-state index in [2.05, 4.69) is 9.80 Å². The van der Waals surface area contributed by atoms with Crippen molar-refractivity contribution >= 4 is 30.7 Å². The maximum Gasteiger partial charge on any atom is 0.223 e. The third-order valence-electron chi connectivity index (χ3n) is 6.13. The van der Waals surface area contributed by atoms with Crippen molar-refractivity contribution in [3.05, 3.63) is 0 Å². The van der Waals surface area contributed by atoms with Crippen molar-refractivity contribution in [2.24, 2.45) is 11.1 Å². The molecule has 1 aliphatic heterocycles. The van der Waals surface area contributed by atoms with Crippen molar-refractivity contribution in [3.8, 4) is 0 Å². The van der Waals surface area contributed by atoms with Gasteiger partial charge in [0.2, 0.25) is 5.91 Å². The minimum atomic E-state index is 0. The third-order valence-corrected chi connectivity index (χ3v) is 6.13. The molecule has 0 bridgehead atoms. The number of carbonyl (C=O) groups excluding carboxylic acids is 1. The van der Waals surface area contributed by atoms with Crippen LogP contribution in [-0.4, -0.2) is 54.5 Å². The minimum Gasteiger partial charge on any atom is -0.340 e. The topological polar surface area (TPSA) is 49.6 Å². The Morgan fingerprint density at radius 3 is 2.04 bits per heavy atom. The Morgan fingerprint density at radius 1 is 0.957 bits per heavy atom. The van der Waals surface area contributed by atoms with E-state index in [9.17, 15) is 4.79 Å². The molecule has 6 heteroatoms. The van der Waals surface area contributed by atoms with Gasteiger partial charge in [-0.1, -0.05) is 25.7 Å². The molecule has 0 unspecified atom stereocenters. The van der Waals surface area contributed by atoms with Gasteiger partial charge in [-0.2, -0.15) is 0 Å². The van der Waals surface area contributed by atoms with E-state index >= 15 is 0 Å². The molecule has 2 saturated carbocycles. The maximum absolute atomic E-state index is 12.6. The first kappa shape index (κ1) is 21.0. The highest BCUT2D eigenvalue weighted by Gasteiger charge is 2.36. The Morgan fingerprint density at radius 2 is 1.57 bits per heavy atom. The van der Waals surface area contributed by atoms with Crippen molar-refractivity contribution in [1.82, 2.24) is 9.80 Å². The van der Waals surface area contributed by atoms with Crippen LogP contribution in [0.15, 0.2) is 0 Å². The lowest BCUT2D eigenvalue weighted by molar-refractivity contribution is -0.136. The zero-order valence-corrected chi connectivity index (χ0v) is 15.8. The van der Waals surface area contributed by atoms with E-state index in [0.717, 1.165) is 45.1 Å². The average Bonchev–Trinajstić information content (AvgIpc) is 2.47. The van der Waals surface area contributed by atoms with Crippen molar-refractivity contribution in [3.63, 3.8) is 0 Å². The van der Waals surface area contributed by atoms with Crippen LogP contribution in [0.2, 0.25) is 0 Å². The number of hydrogen-bond acceptors (Lipinski definition) is 3. The van der Waals surface area contributed by atoms with Crippen LogP contribution in [0.4, 0.5) is 0 Å². The molecule has 0 aromatic carbocycles. The standard InChI is InChI=1S/C17H31N3O.2ClH/c18-14-17(7-2-1-3-8-17)13-16(21)20-11-9-19(10-12-20)15-5-4-6-15;;/h15H,1-14,18H2;2*1H. The van der Waals surface area contributed by atoms with Crippen LogP contribution < -0.4 is 5.73 Å². The zero-order chi connectivity index (χ0) is 14.7. The van der Waals surface area contributed by atoms with Gasteiger partial charge in [-0.05, 0) is 37.6 Å². The molecule has 0 aromatic heterocycles. The Kier molecular flexibility index (Phi) is 8.64. The molecule has 0 atom stereocenters. The predicted molar refractivity (Wildman–Crippen MR) is 99.5 cm³/mol. The minimum absolute atomic E-state index is 0. The maximum atomic E-state index is 12.6. The van der Waals surface area contributed by atoms with Gasteiger partial charge in [-0.15, -0.1) is 24.8 Å². The van der Waals surface area contributed by atoms with Gasteiger partial charge in [0, 0.05) is 38.6 Å². The van der Waals surface area contributed by atoms with E-state index in [1.807, 2.05) is 0 Å². The molecule has 3 aliphatic rings. The molecule has 0 aromatic rings. The molecular formula is C17H33Cl2N3O. The van der Waals surface area contributed by atoms with E-state index in [1.165, 1.54) is 38.5 Å². The van der Waals surface area contributed by atoms with Crippen LogP contribution in [0.3, 0.4) is 0 Å². The Hall–Kier alpha value is -0.0300. The lowest BCUT2D eigenvalue weighted by Crippen LogP contribution is -2.54. The molecular weight excluding hydrogens is 333 g/mol. The average molecular weight is 366 g/mol. The van der Waals surface area contributed by atoms with E-state index in [4.69, 9.17) is 5.73 Å². The molecule has 2 aliphatic carbocycles. The summed E-state index contributed by atoms with van der Waals surface area (Å²) in [6, 6.07) is 0.816. The van der Waals surface area contributed by atoms with Crippen LogP contribution in [-0.2, 0) is 4.79 Å². The Labute approximate surface area is 153 Å². The van der Waals surface area contributed by atoms with Gasteiger partial charge < -0.3 is 10.6 Å². The number of carbonyl (C=O) groups is 1. The molecule has 1 saturated heterocycles. The summed E-state index contributed by atoms with van der Waals surface area (Å²) in [5, 5.41) is 0. The van der Waals surface area contributed by atoms with Crippen LogP contribution >= 0.6 is 24.8 Å². The quantitative estimate of drug-likeness (QED) is 0.832. The summed E-state index contributed by atoms with van der Waals surface area (Å²) in [5.74, 6) is 0.357. The highest BCUT2D eigenvalue weighted by Crippen LogP contribution is 2.39. The molecule has 3 fully saturated rings. The fraction of sp³-hybridized carbons (Fsp3) is 0.941. The van der Waals surface area contributed by atoms with E-state index < -0.39 is 0 Å². The molecule has 4 nitrogen and oxygen atoms in total. The smallest absolute Gasteiger partial charge is 0.223 e. The van der Waals surface area contributed by atoms with Crippen molar-refractivity contribution in [1.29, 1.82) is 0 Å². The van der Waals surface area contributed by atoms with Gasteiger partial charge >= 0.3 is 0 Å². The first-order valence-electron chi connectivity index (χ1n) is 8.94. The van der Waals surface area contributed by atoms with Crippen LogP contribution in [0.25, 0.3) is 0 Å². The SMILES string of the molecule is Cl.Cl.NCC1(CC(=O)N2CCN(C3CCC3)CC2)CCCCC1. The highest BCUT2D eigenvalue weighted by atomic mass is 35.5. The van der Waals surface area contributed by atoms with Gasteiger partial charge in [0.15, 0.2) is 0 Å². The first-order valence-corrected chi connectivity index (χ1v) is 8.94. The molecule has 3 rings (SSSR count). The molecule has 0 spiro atoms. The number of hydrogen-bond donors (Lipinski definition) is 1. The van der Waals surface area contributed by atoms with E-state index in [1.54, 1.807) is 0 Å². The number of nitrogens with two attached hydrogens (primary N) is 1. The van der Waals surface area contributed by atoms with Crippen LogP contribution in [0, 0.1) is 5.41 Å². The molecule has 0 radical (unpaired) electrons. The lowest BCUT2D eigenvalue weighted by Gasteiger charge is -2.44. The van der Waals surface area contributed by atoms with Gasteiger partial charge in [-0.3, -0.25) is 9.69 Å². The summed E-state index contributed by atoms with van der Waals surface area (Å²) in [6.07, 6.45) is 10.9. The molecule has 136 valence electrons. The van der Waals surface area contributed by atoms with E-state index in [0.29, 0.717) is 18.9 Å². The normalized spacial score (nSPS) is 25.0. The molecule has 2 N–H and O–H groups in total. The van der Waals surface area contributed by atoms with Crippen molar-refractivity contribution in [2.45, 2.75) is 63.8 Å². The second kappa shape index (κ2) is 9.45. The van der Waals surface area contributed by atoms with Crippen molar-refractivity contribution in [2.75, 3.05) is 32.7 Å². The number of piperazine rings is 1. The van der Waals surface area contributed by atoms with Gasteiger partial charge in [0.1, 0.15) is 0 Å². The molecule has 23 heavy (non-hydrogen) atoms. The lowest BCUT2D eigenvalue weighted by atomic mass is 9.71. The Bertz CT molecular complexity index is 363. The number of amides is 1. The molecule has 1 amide bonds. The first-order chi connectivity index (χ1) is 10.2. The zero-order valence-electron chi connectivity index (χ0n) is 14.2. The summed E-state index contributed by atoms with van der Waals surface area (Å²) < 4.78 is 0. The number of nitrogens with zero attached hydrogens (tertiary/aromatic N) is 2. The summed E-state index contributed by atoms with van der Waals surface area (Å²) >= 11 is 0. The number of rotatable bonds is 4. The number of halogens is 2. The summed E-state index contributed by atoms with van der Waals surface area (Å²) in [5.41, 5.74) is 6.14. The monoisotopic (exact) mass is 365 g/mol. The van der Waals surface area contributed by atoms with E-state index in [-0.39, 0.29) is 30.2 Å². The second-order valence-electron chi connectivity index (χ2n) is 7.44. The summed E-state index contributed by atoms with van der Waals surface area (Å²) in [4.78, 5) is 17.3. The highest BCUT2D eigenvalue weighted by molar-refractivity contribution is 5.85.